The molecule has 0 radical (unpaired) electrons. The van der Waals surface area contributed by atoms with Crippen molar-refractivity contribution >= 4 is 52.7 Å². The molecule has 33 heavy (non-hydrogen) atoms. The predicted molar refractivity (Wildman–Crippen MR) is 124 cm³/mol. The van der Waals surface area contributed by atoms with Crippen molar-refractivity contribution in [3.63, 3.8) is 0 Å². The van der Waals surface area contributed by atoms with Crippen LogP contribution in [0.5, 0.6) is 0 Å². The van der Waals surface area contributed by atoms with Crippen LogP contribution in [0.4, 0.5) is 4.79 Å². The van der Waals surface area contributed by atoms with Crippen LogP contribution in [-0.4, -0.2) is 46.4 Å². The number of allylic oxidation sites excluding steroid dienone is 4. The molecular formula is C24H29Cl3O6. The van der Waals surface area contributed by atoms with Crippen LogP contribution in [0.3, 0.4) is 0 Å². The van der Waals surface area contributed by atoms with Crippen molar-refractivity contribution in [3.8, 4) is 0 Å². The van der Waals surface area contributed by atoms with E-state index in [1.807, 2.05) is 19.9 Å². The Kier molecular flexibility index (Phi) is 6.37. The van der Waals surface area contributed by atoms with Gasteiger partial charge in [-0.25, -0.2) is 9.59 Å². The lowest BCUT2D eigenvalue weighted by molar-refractivity contribution is -0.188. The van der Waals surface area contributed by atoms with Crippen molar-refractivity contribution in [2.45, 2.75) is 68.7 Å². The van der Waals surface area contributed by atoms with Crippen LogP contribution < -0.4 is 0 Å². The second-order valence-corrected chi connectivity index (χ2v) is 11.3. The number of esters is 1. The SMILES string of the molecule is CCOC(=O)O[C@]1(C(=O)OCCl)CC[C@H]2[C@@H]3CCC4=CC(=O)C=C[C@]4(C)[C@@]3(Cl)[C@@H](Cl)C[C@@]21C. The van der Waals surface area contributed by atoms with Gasteiger partial charge in [-0.15, -0.1) is 23.2 Å². The minimum absolute atomic E-state index is 0.0421. The molecule has 0 aromatic rings. The fourth-order valence-corrected chi connectivity index (χ4v) is 8.46. The third-order valence-corrected chi connectivity index (χ3v) is 10.4. The molecule has 6 nitrogen and oxygen atoms in total. The Hall–Kier alpha value is -1.24. The number of rotatable bonds is 4. The summed E-state index contributed by atoms with van der Waals surface area (Å²) in [6.45, 7) is 5.75. The van der Waals surface area contributed by atoms with Gasteiger partial charge in [0.15, 0.2) is 11.8 Å². The third kappa shape index (κ3) is 3.30. The minimum Gasteiger partial charge on any atom is -0.446 e. The first-order valence-electron chi connectivity index (χ1n) is 11.4. The van der Waals surface area contributed by atoms with E-state index < -0.39 is 38.8 Å². The van der Waals surface area contributed by atoms with E-state index >= 15 is 0 Å². The number of fused-ring (bicyclic) bond motifs is 5. The molecule has 0 saturated heterocycles. The van der Waals surface area contributed by atoms with E-state index in [0.29, 0.717) is 19.3 Å². The summed E-state index contributed by atoms with van der Waals surface area (Å²) in [6.07, 6.45) is 6.83. The number of ether oxygens (including phenoxy) is 3. The summed E-state index contributed by atoms with van der Waals surface area (Å²) in [5, 5.41) is -0.566. The molecule has 0 aromatic heterocycles. The van der Waals surface area contributed by atoms with Crippen LogP contribution >= 0.6 is 34.8 Å². The average molecular weight is 520 g/mol. The molecule has 0 amide bonds. The Balaban J connectivity index is 1.78. The highest BCUT2D eigenvalue weighted by Crippen LogP contribution is 2.72. The summed E-state index contributed by atoms with van der Waals surface area (Å²) in [5.41, 5.74) is -2.00. The molecule has 0 unspecified atom stereocenters. The molecule has 0 bridgehead atoms. The number of hydrogen-bond acceptors (Lipinski definition) is 6. The Morgan fingerprint density at radius 3 is 2.58 bits per heavy atom. The number of carbonyl (C=O) groups is 3. The van der Waals surface area contributed by atoms with Gasteiger partial charge in [0.2, 0.25) is 5.60 Å². The zero-order chi connectivity index (χ0) is 24.2. The standard InChI is InChI=1S/C24H29Cl3O6/c1-4-31-20(30)33-23(19(29)32-13-25)10-8-16-17-6-5-14-11-15(28)7-9-21(14,2)24(17,27)18(26)12-22(16,23)3/h7,9,11,16-18H,4-6,8,10,12-13H2,1-3H3/t16-,17-,18-,21-,22-,23-,24-/m0/s1. The van der Waals surface area contributed by atoms with Gasteiger partial charge in [-0.05, 0) is 63.0 Å². The second kappa shape index (κ2) is 8.46. The molecule has 9 heteroatoms. The highest BCUT2D eigenvalue weighted by atomic mass is 35.5. The van der Waals surface area contributed by atoms with Crippen molar-refractivity contribution in [2.24, 2.45) is 22.7 Å². The number of alkyl halides is 3. The van der Waals surface area contributed by atoms with Gasteiger partial charge in [-0.1, -0.05) is 37.1 Å². The summed E-state index contributed by atoms with van der Waals surface area (Å²) in [4.78, 5) is 36.9. The lowest BCUT2D eigenvalue weighted by Crippen LogP contribution is -2.68. The summed E-state index contributed by atoms with van der Waals surface area (Å²) in [7, 11) is 0. The highest BCUT2D eigenvalue weighted by Gasteiger charge is 2.75. The average Bonchev–Trinajstić information content (AvgIpc) is 3.03. The monoisotopic (exact) mass is 518 g/mol. The maximum atomic E-state index is 13.3. The van der Waals surface area contributed by atoms with Gasteiger partial charge >= 0.3 is 12.1 Å². The summed E-state index contributed by atoms with van der Waals surface area (Å²) < 4.78 is 16.0. The van der Waals surface area contributed by atoms with Gasteiger partial charge in [0.05, 0.1) is 16.9 Å². The van der Waals surface area contributed by atoms with E-state index in [4.69, 9.17) is 49.0 Å². The van der Waals surface area contributed by atoms with Crippen LogP contribution in [0.15, 0.2) is 23.8 Å². The molecule has 4 aliphatic carbocycles. The van der Waals surface area contributed by atoms with E-state index in [1.54, 1.807) is 19.1 Å². The third-order valence-electron chi connectivity index (χ3n) is 8.75. The van der Waals surface area contributed by atoms with Crippen molar-refractivity contribution in [1.82, 2.24) is 0 Å². The number of carbonyl (C=O) groups excluding carboxylic acids is 3. The van der Waals surface area contributed by atoms with Crippen LogP contribution in [0.2, 0.25) is 0 Å². The van der Waals surface area contributed by atoms with Gasteiger partial charge in [0.25, 0.3) is 0 Å². The molecule has 0 aromatic carbocycles. The first-order valence-corrected chi connectivity index (χ1v) is 12.7. The molecule has 3 fully saturated rings. The normalized spacial score (nSPS) is 43.6. The zero-order valence-corrected chi connectivity index (χ0v) is 21.3. The highest BCUT2D eigenvalue weighted by molar-refractivity contribution is 6.34. The van der Waals surface area contributed by atoms with Crippen LogP contribution in [0.1, 0.15) is 52.9 Å². The van der Waals surface area contributed by atoms with Crippen LogP contribution in [0.25, 0.3) is 0 Å². The molecule has 4 aliphatic rings. The van der Waals surface area contributed by atoms with E-state index in [1.165, 1.54) is 0 Å². The molecule has 182 valence electrons. The molecule has 0 heterocycles. The molecule has 7 atom stereocenters. The lowest BCUT2D eigenvalue weighted by atomic mass is 9.46. The first-order chi connectivity index (χ1) is 15.5. The Morgan fingerprint density at radius 2 is 1.91 bits per heavy atom. The number of hydrogen-bond donors (Lipinski definition) is 0. The molecule has 0 spiro atoms. The van der Waals surface area contributed by atoms with Gasteiger partial charge < -0.3 is 14.2 Å². The molecule has 3 saturated carbocycles. The van der Waals surface area contributed by atoms with Gasteiger partial charge in [0, 0.05) is 10.8 Å². The molecular weight excluding hydrogens is 491 g/mol. The number of halogens is 3. The van der Waals surface area contributed by atoms with Crippen molar-refractivity contribution < 1.29 is 28.6 Å². The first kappa shape index (κ1) is 24.9. The quantitative estimate of drug-likeness (QED) is 0.359. The maximum absolute atomic E-state index is 13.3. The maximum Gasteiger partial charge on any atom is 0.509 e. The van der Waals surface area contributed by atoms with Gasteiger partial charge in [-0.3, -0.25) is 4.79 Å². The summed E-state index contributed by atoms with van der Waals surface area (Å²) in [5.74, 6) is -0.865. The van der Waals surface area contributed by atoms with Gasteiger partial charge in [0.1, 0.15) is 0 Å². The fraction of sp³-hybridized carbons (Fsp3) is 0.708. The lowest BCUT2D eigenvalue weighted by Gasteiger charge is -2.63. The summed E-state index contributed by atoms with van der Waals surface area (Å²) in [6, 6.07) is -0.355. The van der Waals surface area contributed by atoms with Crippen molar-refractivity contribution in [2.75, 3.05) is 12.7 Å². The van der Waals surface area contributed by atoms with Crippen LogP contribution in [-0.2, 0) is 23.8 Å². The zero-order valence-electron chi connectivity index (χ0n) is 19.0. The molecule has 0 N–H and O–H groups in total. The van der Waals surface area contributed by atoms with E-state index in [9.17, 15) is 14.4 Å². The Labute approximate surface area is 208 Å². The Morgan fingerprint density at radius 1 is 1.18 bits per heavy atom. The van der Waals surface area contributed by atoms with E-state index in [0.717, 1.165) is 12.0 Å². The topological polar surface area (TPSA) is 78.9 Å². The fourth-order valence-electron chi connectivity index (χ4n) is 7.13. The smallest absolute Gasteiger partial charge is 0.446 e. The van der Waals surface area contributed by atoms with Crippen LogP contribution in [0, 0.1) is 22.7 Å². The number of ketones is 1. The summed E-state index contributed by atoms with van der Waals surface area (Å²) >= 11 is 20.3. The predicted octanol–water partition coefficient (Wildman–Crippen LogP) is 5.52. The van der Waals surface area contributed by atoms with Gasteiger partial charge in [-0.2, -0.15) is 0 Å². The van der Waals surface area contributed by atoms with E-state index in [-0.39, 0.29) is 36.7 Å². The Bertz CT molecular complexity index is 933. The minimum atomic E-state index is -1.57. The van der Waals surface area contributed by atoms with E-state index in [2.05, 4.69) is 0 Å². The van der Waals surface area contributed by atoms with Crippen molar-refractivity contribution in [3.05, 3.63) is 23.8 Å². The second-order valence-electron chi connectivity index (χ2n) is 9.91. The largest absolute Gasteiger partial charge is 0.509 e. The molecule has 4 rings (SSSR count). The molecule has 0 aliphatic heterocycles. The van der Waals surface area contributed by atoms with Crippen molar-refractivity contribution in [1.29, 1.82) is 0 Å².